The molecule has 24 heavy (non-hydrogen) atoms. The Morgan fingerprint density at radius 2 is 1.88 bits per heavy atom. The van der Waals surface area contributed by atoms with Crippen LogP contribution < -0.4 is 10.6 Å². The number of rotatable bonds is 5. The summed E-state index contributed by atoms with van der Waals surface area (Å²) >= 11 is 0. The molecule has 3 aromatic rings. The second-order valence-electron chi connectivity index (χ2n) is 6.62. The Hall–Kier alpha value is -2.82. The minimum Gasteiger partial charge on any atom is -0.467 e. The third-order valence-electron chi connectivity index (χ3n) is 3.66. The highest BCUT2D eigenvalue weighted by molar-refractivity contribution is 5.61. The van der Waals surface area contributed by atoms with Crippen molar-refractivity contribution >= 4 is 17.5 Å². The molecule has 0 radical (unpaired) electrons. The Morgan fingerprint density at radius 3 is 2.62 bits per heavy atom. The van der Waals surface area contributed by atoms with Crippen molar-refractivity contribution in [3.8, 4) is 0 Å². The van der Waals surface area contributed by atoms with E-state index in [1.807, 2.05) is 36.4 Å². The highest BCUT2D eigenvalue weighted by Crippen LogP contribution is 2.30. The molecule has 2 N–H and O–H groups in total. The molecule has 0 atom stereocenters. The van der Waals surface area contributed by atoms with Crippen LogP contribution in [0.1, 0.15) is 32.1 Å². The number of anilines is 3. The molecule has 0 amide bonds. The van der Waals surface area contributed by atoms with Gasteiger partial charge in [-0.15, -0.1) is 0 Å². The van der Waals surface area contributed by atoms with Gasteiger partial charge in [-0.2, -0.15) is 4.98 Å². The topological polar surface area (TPSA) is 63.0 Å². The zero-order chi connectivity index (χ0) is 17.0. The first-order valence-electron chi connectivity index (χ1n) is 7.98. The molecule has 5 heteroatoms. The molecule has 0 aliphatic carbocycles. The van der Waals surface area contributed by atoms with E-state index >= 15 is 0 Å². The second-order valence-corrected chi connectivity index (χ2v) is 6.62. The van der Waals surface area contributed by atoms with Crippen LogP contribution in [0, 0.1) is 0 Å². The number of nitrogens with one attached hydrogen (secondary N) is 2. The Balaban J connectivity index is 1.75. The summed E-state index contributed by atoms with van der Waals surface area (Å²) in [5.41, 5.74) is 2.29. The summed E-state index contributed by atoms with van der Waals surface area (Å²) in [6, 6.07) is 13.9. The minimum absolute atomic E-state index is 0.0404. The molecule has 2 heterocycles. The fraction of sp³-hybridized carbons (Fsp3) is 0.263. The monoisotopic (exact) mass is 322 g/mol. The van der Waals surface area contributed by atoms with E-state index in [-0.39, 0.29) is 5.41 Å². The first kappa shape index (κ1) is 16.1. The van der Waals surface area contributed by atoms with Gasteiger partial charge in [0.05, 0.1) is 12.8 Å². The summed E-state index contributed by atoms with van der Waals surface area (Å²) in [5.74, 6) is 2.18. The minimum atomic E-state index is 0.0404. The molecular formula is C19H22N4O. The summed E-state index contributed by atoms with van der Waals surface area (Å²) in [6.07, 6.45) is 3.40. The number of nitrogens with zero attached hydrogens (tertiary/aromatic N) is 2. The van der Waals surface area contributed by atoms with Gasteiger partial charge in [0.2, 0.25) is 5.95 Å². The standard InChI is InChI=1S/C19H22N4O/c1-19(2,3)15-8-4-5-9-16(15)22-18-20-11-10-17(23-18)21-13-14-7-6-12-24-14/h4-12H,13H2,1-3H3,(H2,20,21,22,23). The zero-order valence-electron chi connectivity index (χ0n) is 14.2. The largest absolute Gasteiger partial charge is 0.467 e. The lowest BCUT2D eigenvalue weighted by Gasteiger charge is -2.23. The number of aromatic nitrogens is 2. The van der Waals surface area contributed by atoms with Crippen molar-refractivity contribution in [3.05, 3.63) is 66.2 Å². The predicted octanol–water partition coefficient (Wildman–Crippen LogP) is 4.72. The highest BCUT2D eigenvalue weighted by Gasteiger charge is 2.17. The molecule has 0 bridgehead atoms. The lowest BCUT2D eigenvalue weighted by atomic mass is 9.86. The van der Waals surface area contributed by atoms with Gasteiger partial charge in [-0.1, -0.05) is 39.0 Å². The van der Waals surface area contributed by atoms with Crippen LogP contribution in [-0.2, 0) is 12.0 Å². The van der Waals surface area contributed by atoms with E-state index in [0.717, 1.165) is 17.3 Å². The summed E-state index contributed by atoms with van der Waals surface area (Å²) < 4.78 is 5.31. The van der Waals surface area contributed by atoms with Gasteiger partial charge in [-0.3, -0.25) is 0 Å². The SMILES string of the molecule is CC(C)(C)c1ccccc1Nc1nccc(NCc2ccco2)n1. The molecular weight excluding hydrogens is 300 g/mol. The van der Waals surface area contributed by atoms with Gasteiger partial charge in [0.15, 0.2) is 0 Å². The predicted molar refractivity (Wildman–Crippen MR) is 96.5 cm³/mol. The van der Waals surface area contributed by atoms with E-state index in [1.54, 1.807) is 12.5 Å². The number of benzene rings is 1. The van der Waals surface area contributed by atoms with Crippen LogP contribution in [0.2, 0.25) is 0 Å². The Labute approximate surface area is 142 Å². The van der Waals surface area contributed by atoms with Crippen LogP contribution in [0.4, 0.5) is 17.5 Å². The van der Waals surface area contributed by atoms with Crippen molar-refractivity contribution < 1.29 is 4.42 Å². The van der Waals surface area contributed by atoms with E-state index < -0.39 is 0 Å². The van der Waals surface area contributed by atoms with E-state index in [0.29, 0.717) is 12.5 Å². The van der Waals surface area contributed by atoms with E-state index in [1.165, 1.54) is 5.56 Å². The van der Waals surface area contributed by atoms with Gasteiger partial charge >= 0.3 is 0 Å². The van der Waals surface area contributed by atoms with Crippen molar-refractivity contribution in [2.75, 3.05) is 10.6 Å². The molecule has 0 aliphatic rings. The van der Waals surface area contributed by atoms with Gasteiger partial charge in [-0.05, 0) is 35.2 Å². The maximum atomic E-state index is 5.31. The zero-order valence-corrected chi connectivity index (χ0v) is 14.2. The smallest absolute Gasteiger partial charge is 0.229 e. The van der Waals surface area contributed by atoms with Crippen LogP contribution >= 0.6 is 0 Å². The molecule has 3 rings (SSSR count). The summed E-state index contributed by atoms with van der Waals surface area (Å²) in [5, 5.41) is 6.56. The number of hydrogen-bond donors (Lipinski definition) is 2. The van der Waals surface area contributed by atoms with Gasteiger partial charge in [-0.25, -0.2) is 4.98 Å². The van der Waals surface area contributed by atoms with Crippen LogP contribution in [0.3, 0.4) is 0 Å². The first-order chi connectivity index (χ1) is 11.5. The molecule has 5 nitrogen and oxygen atoms in total. The van der Waals surface area contributed by atoms with Crippen LogP contribution in [0.15, 0.2) is 59.3 Å². The van der Waals surface area contributed by atoms with E-state index in [4.69, 9.17) is 4.42 Å². The van der Waals surface area contributed by atoms with Gasteiger partial charge < -0.3 is 15.1 Å². The van der Waals surface area contributed by atoms with E-state index in [9.17, 15) is 0 Å². The summed E-state index contributed by atoms with van der Waals surface area (Å²) in [7, 11) is 0. The third-order valence-corrected chi connectivity index (χ3v) is 3.66. The van der Waals surface area contributed by atoms with Crippen molar-refractivity contribution in [2.24, 2.45) is 0 Å². The van der Waals surface area contributed by atoms with Crippen molar-refractivity contribution in [3.63, 3.8) is 0 Å². The molecule has 0 aliphatic heterocycles. The molecule has 0 fully saturated rings. The van der Waals surface area contributed by atoms with Gasteiger partial charge in [0.25, 0.3) is 0 Å². The number of hydrogen-bond acceptors (Lipinski definition) is 5. The number of para-hydroxylation sites is 1. The fourth-order valence-corrected chi connectivity index (χ4v) is 2.47. The third kappa shape index (κ3) is 3.93. The molecule has 124 valence electrons. The molecule has 2 aromatic heterocycles. The Morgan fingerprint density at radius 1 is 1.04 bits per heavy atom. The Kier molecular flexibility index (Phi) is 4.51. The summed E-state index contributed by atoms with van der Waals surface area (Å²) in [4.78, 5) is 8.83. The van der Waals surface area contributed by atoms with E-state index in [2.05, 4.69) is 47.4 Å². The van der Waals surface area contributed by atoms with Crippen LogP contribution in [-0.4, -0.2) is 9.97 Å². The first-order valence-corrected chi connectivity index (χ1v) is 7.98. The van der Waals surface area contributed by atoms with Gasteiger partial charge in [0.1, 0.15) is 11.6 Å². The normalized spacial score (nSPS) is 11.3. The van der Waals surface area contributed by atoms with Crippen molar-refractivity contribution in [1.29, 1.82) is 0 Å². The Bertz CT molecular complexity index is 791. The lowest BCUT2D eigenvalue weighted by Crippen LogP contribution is -2.14. The molecule has 0 spiro atoms. The molecule has 1 aromatic carbocycles. The van der Waals surface area contributed by atoms with Crippen molar-refractivity contribution in [1.82, 2.24) is 9.97 Å². The molecule has 0 saturated heterocycles. The maximum absolute atomic E-state index is 5.31. The molecule has 0 saturated carbocycles. The average Bonchev–Trinajstić information content (AvgIpc) is 3.06. The average molecular weight is 322 g/mol. The maximum Gasteiger partial charge on any atom is 0.229 e. The fourth-order valence-electron chi connectivity index (χ4n) is 2.47. The number of furan rings is 1. The summed E-state index contributed by atoms with van der Waals surface area (Å²) in [6.45, 7) is 7.16. The van der Waals surface area contributed by atoms with Crippen molar-refractivity contribution in [2.45, 2.75) is 32.7 Å². The van der Waals surface area contributed by atoms with Crippen LogP contribution in [0.25, 0.3) is 0 Å². The second kappa shape index (κ2) is 6.74. The highest BCUT2D eigenvalue weighted by atomic mass is 16.3. The van der Waals surface area contributed by atoms with Gasteiger partial charge in [0, 0.05) is 11.9 Å². The quantitative estimate of drug-likeness (QED) is 0.711. The van der Waals surface area contributed by atoms with Crippen LogP contribution in [0.5, 0.6) is 0 Å². The lowest BCUT2D eigenvalue weighted by molar-refractivity contribution is 0.518. The molecule has 0 unspecified atom stereocenters.